The summed E-state index contributed by atoms with van der Waals surface area (Å²) in [5, 5.41) is 0. The molecule has 0 spiro atoms. The second kappa shape index (κ2) is 5.14. The standard InChI is InChI=1S/C12H12FN3S/c1-8-6-11(14)16-12(15-8)7-17-10-5-3-2-4-9(10)13/h2-6H,7H2,1H3,(H2,14,15,16). The Labute approximate surface area is 103 Å². The Kier molecular flexibility index (Phi) is 3.58. The molecule has 0 aliphatic heterocycles. The van der Waals surface area contributed by atoms with Gasteiger partial charge in [-0.05, 0) is 19.1 Å². The van der Waals surface area contributed by atoms with Crippen molar-refractivity contribution in [1.82, 2.24) is 9.97 Å². The van der Waals surface area contributed by atoms with E-state index in [2.05, 4.69) is 9.97 Å². The summed E-state index contributed by atoms with van der Waals surface area (Å²) in [4.78, 5) is 8.94. The summed E-state index contributed by atoms with van der Waals surface area (Å²) in [7, 11) is 0. The van der Waals surface area contributed by atoms with E-state index in [0.29, 0.717) is 22.3 Å². The van der Waals surface area contributed by atoms with Crippen molar-refractivity contribution < 1.29 is 4.39 Å². The molecule has 17 heavy (non-hydrogen) atoms. The van der Waals surface area contributed by atoms with E-state index in [1.165, 1.54) is 17.8 Å². The number of rotatable bonds is 3. The zero-order chi connectivity index (χ0) is 12.3. The van der Waals surface area contributed by atoms with Gasteiger partial charge in [-0.2, -0.15) is 0 Å². The fourth-order valence-electron chi connectivity index (χ4n) is 1.42. The third-order valence-electron chi connectivity index (χ3n) is 2.11. The average molecular weight is 249 g/mol. The first-order valence-corrected chi connectivity index (χ1v) is 6.11. The van der Waals surface area contributed by atoms with Gasteiger partial charge < -0.3 is 5.73 Å². The van der Waals surface area contributed by atoms with Gasteiger partial charge in [0.2, 0.25) is 0 Å². The highest BCUT2D eigenvalue weighted by atomic mass is 32.2. The number of nitrogen functional groups attached to an aromatic ring is 1. The molecule has 1 aromatic heterocycles. The van der Waals surface area contributed by atoms with Crippen molar-refractivity contribution in [2.75, 3.05) is 5.73 Å². The average Bonchev–Trinajstić information content (AvgIpc) is 2.27. The number of nitrogens with two attached hydrogens (primary N) is 1. The normalized spacial score (nSPS) is 10.5. The molecular formula is C12H12FN3S. The van der Waals surface area contributed by atoms with E-state index in [4.69, 9.17) is 5.73 Å². The van der Waals surface area contributed by atoms with Crippen LogP contribution in [0.1, 0.15) is 11.5 Å². The number of hydrogen-bond donors (Lipinski definition) is 1. The molecule has 0 atom stereocenters. The SMILES string of the molecule is Cc1cc(N)nc(CSc2ccccc2F)n1. The maximum absolute atomic E-state index is 13.4. The van der Waals surface area contributed by atoms with Crippen molar-refractivity contribution in [3.05, 3.63) is 47.7 Å². The third kappa shape index (κ3) is 3.17. The molecule has 3 nitrogen and oxygen atoms in total. The van der Waals surface area contributed by atoms with Crippen LogP contribution in [0.3, 0.4) is 0 Å². The highest BCUT2D eigenvalue weighted by Gasteiger charge is 2.04. The van der Waals surface area contributed by atoms with Crippen LogP contribution < -0.4 is 5.73 Å². The van der Waals surface area contributed by atoms with Gasteiger partial charge in [0.05, 0.1) is 5.75 Å². The molecule has 2 aromatic rings. The minimum Gasteiger partial charge on any atom is -0.384 e. The van der Waals surface area contributed by atoms with Crippen LogP contribution in [-0.4, -0.2) is 9.97 Å². The molecule has 0 fully saturated rings. The van der Waals surface area contributed by atoms with Crippen molar-refractivity contribution >= 4 is 17.6 Å². The van der Waals surface area contributed by atoms with Crippen molar-refractivity contribution in [3.8, 4) is 0 Å². The number of benzene rings is 1. The fourth-order valence-corrected chi connectivity index (χ4v) is 2.22. The van der Waals surface area contributed by atoms with E-state index in [1.54, 1.807) is 24.3 Å². The molecule has 0 bridgehead atoms. The Balaban J connectivity index is 2.10. The summed E-state index contributed by atoms with van der Waals surface area (Å²) in [5.41, 5.74) is 6.44. The number of nitrogens with zero attached hydrogens (tertiary/aromatic N) is 2. The van der Waals surface area contributed by atoms with Crippen LogP contribution in [0.4, 0.5) is 10.2 Å². The molecule has 0 saturated heterocycles. The molecule has 1 heterocycles. The van der Waals surface area contributed by atoms with Crippen molar-refractivity contribution in [1.29, 1.82) is 0 Å². The molecule has 2 N–H and O–H groups in total. The largest absolute Gasteiger partial charge is 0.384 e. The van der Waals surface area contributed by atoms with Crippen LogP contribution in [0.25, 0.3) is 0 Å². The number of aryl methyl sites for hydroxylation is 1. The minimum absolute atomic E-state index is 0.224. The summed E-state index contributed by atoms with van der Waals surface area (Å²) in [6.45, 7) is 1.86. The number of thioether (sulfide) groups is 1. The van der Waals surface area contributed by atoms with Gasteiger partial charge in [-0.25, -0.2) is 14.4 Å². The van der Waals surface area contributed by atoms with Gasteiger partial charge in [0.15, 0.2) is 0 Å². The molecule has 0 aliphatic rings. The second-order valence-corrected chi connectivity index (χ2v) is 4.59. The number of hydrogen-bond acceptors (Lipinski definition) is 4. The lowest BCUT2D eigenvalue weighted by Gasteiger charge is -2.04. The Morgan fingerprint density at radius 1 is 1.29 bits per heavy atom. The lowest BCUT2D eigenvalue weighted by atomic mass is 10.3. The van der Waals surface area contributed by atoms with E-state index in [9.17, 15) is 4.39 Å². The smallest absolute Gasteiger partial charge is 0.141 e. The van der Waals surface area contributed by atoms with E-state index >= 15 is 0 Å². The van der Waals surface area contributed by atoms with Gasteiger partial charge >= 0.3 is 0 Å². The summed E-state index contributed by atoms with van der Waals surface area (Å²) >= 11 is 1.36. The number of anilines is 1. The van der Waals surface area contributed by atoms with Gasteiger partial charge in [0, 0.05) is 16.7 Å². The van der Waals surface area contributed by atoms with Crippen LogP contribution in [0, 0.1) is 12.7 Å². The summed E-state index contributed by atoms with van der Waals surface area (Å²) in [5.74, 6) is 1.35. The lowest BCUT2D eigenvalue weighted by molar-refractivity contribution is 0.602. The van der Waals surface area contributed by atoms with Crippen molar-refractivity contribution in [3.63, 3.8) is 0 Å². The Morgan fingerprint density at radius 2 is 2.06 bits per heavy atom. The van der Waals surface area contributed by atoms with E-state index in [1.807, 2.05) is 6.92 Å². The van der Waals surface area contributed by atoms with Crippen LogP contribution >= 0.6 is 11.8 Å². The van der Waals surface area contributed by atoms with E-state index < -0.39 is 0 Å². The Hall–Kier alpha value is -1.62. The van der Waals surface area contributed by atoms with Crippen LogP contribution in [0.5, 0.6) is 0 Å². The Morgan fingerprint density at radius 3 is 2.76 bits per heavy atom. The predicted octanol–water partition coefficient (Wildman–Crippen LogP) is 2.80. The van der Waals surface area contributed by atoms with Gasteiger partial charge in [-0.15, -0.1) is 11.8 Å². The number of halogens is 1. The highest BCUT2D eigenvalue weighted by molar-refractivity contribution is 7.98. The maximum Gasteiger partial charge on any atom is 0.141 e. The first-order valence-electron chi connectivity index (χ1n) is 5.12. The topological polar surface area (TPSA) is 51.8 Å². The quantitative estimate of drug-likeness (QED) is 0.850. The molecule has 5 heteroatoms. The fraction of sp³-hybridized carbons (Fsp3) is 0.167. The van der Waals surface area contributed by atoms with Crippen LogP contribution in [0.15, 0.2) is 35.2 Å². The third-order valence-corrected chi connectivity index (χ3v) is 3.16. The lowest BCUT2D eigenvalue weighted by Crippen LogP contribution is -2.00. The van der Waals surface area contributed by atoms with Gasteiger partial charge in [-0.3, -0.25) is 0 Å². The molecule has 2 rings (SSSR count). The van der Waals surface area contributed by atoms with Crippen LogP contribution in [-0.2, 0) is 5.75 Å². The molecule has 0 unspecified atom stereocenters. The molecule has 0 amide bonds. The second-order valence-electron chi connectivity index (χ2n) is 3.57. The molecule has 88 valence electrons. The summed E-state index contributed by atoms with van der Waals surface area (Å²) in [6.07, 6.45) is 0. The van der Waals surface area contributed by atoms with Crippen molar-refractivity contribution in [2.24, 2.45) is 0 Å². The van der Waals surface area contributed by atoms with Gasteiger partial charge in [-0.1, -0.05) is 12.1 Å². The Bertz CT molecular complexity index is 511. The maximum atomic E-state index is 13.4. The first-order chi connectivity index (χ1) is 8.15. The molecular weight excluding hydrogens is 237 g/mol. The minimum atomic E-state index is -0.224. The summed E-state index contributed by atoms with van der Waals surface area (Å²) in [6, 6.07) is 8.35. The molecule has 0 saturated carbocycles. The van der Waals surface area contributed by atoms with E-state index in [0.717, 1.165) is 5.69 Å². The molecule has 0 aliphatic carbocycles. The van der Waals surface area contributed by atoms with Crippen molar-refractivity contribution in [2.45, 2.75) is 17.6 Å². The van der Waals surface area contributed by atoms with Crippen LogP contribution in [0.2, 0.25) is 0 Å². The molecule has 0 radical (unpaired) electrons. The predicted molar refractivity (Wildman–Crippen MR) is 67.1 cm³/mol. The zero-order valence-corrected chi connectivity index (χ0v) is 10.2. The van der Waals surface area contributed by atoms with Gasteiger partial charge in [0.1, 0.15) is 17.5 Å². The van der Waals surface area contributed by atoms with E-state index in [-0.39, 0.29) is 5.82 Å². The monoisotopic (exact) mass is 249 g/mol. The van der Waals surface area contributed by atoms with Gasteiger partial charge in [0.25, 0.3) is 0 Å². The summed E-state index contributed by atoms with van der Waals surface area (Å²) < 4.78 is 13.4. The first kappa shape index (κ1) is 11.9. The molecule has 1 aromatic carbocycles. The zero-order valence-electron chi connectivity index (χ0n) is 9.35. The highest BCUT2D eigenvalue weighted by Crippen LogP contribution is 2.24. The number of aromatic nitrogens is 2.